The van der Waals surface area contributed by atoms with Crippen molar-refractivity contribution in [2.45, 2.75) is 33.0 Å². The van der Waals surface area contributed by atoms with Crippen LogP contribution < -0.4 is 4.74 Å². The lowest BCUT2D eigenvalue weighted by atomic mass is 10.3. The van der Waals surface area contributed by atoms with Gasteiger partial charge in [-0.3, -0.25) is 0 Å². The van der Waals surface area contributed by atoms with Gasteiger partial charge in [0.15, 0.2) is 6.10 Å². The molecule has 0 heterocycles. The second-order valence-corrected chi connectivity index (χ2v) is 4.14. The minimum absolute atomic E-state index is 0.141. The summed E-state index contributed by atoms with van der Waals surface area (Å²) in [5.74, 6) is 0.177. The SMILES string of the molecule is CC(C)OC(=O)C(C)Oc1cccc(Cl)c1. The number of ether oxygens (including phenoxy) is 2. The molecule has 0 bridgehead atoms. The molecule has 3 nitrogen and oxygen atoms in total. The van der Waals surface area contributed by atoms with Crippen LogP contribution in [-0.4, -0.2) is 18.2 Å². The Morgan fingerprint density at radius 3 is 2.56 bits per heavy atom. The summed E-state index contributed by atoms with van der Waals surface area (Å²) < 4.78 is 10.4. The minimum atomic E-state index is -0.638. The summed E-state index contributed by atoms with van der Waals surface area (Å²) in [7, 11) is 0. The van der Waals surface area contributed by atoms with Crippen LogP contribution in [0.3, 0.4) is 0 Å². The second kappa shape index (κ2) is 5.75. The number of halogens is 1. The van der Waals surface area contributed by atoms with E-state index in [-0.39, 0.29) is 12.1 Å². The van der Waals surface area contributed by atoms with Gasteiger partial charge >= 0.3 is 5.97 Å². The van der Waals surface area contributed by atoms with Gasteiger partial charge in [-0.1, -0.05) is 17.7 Å². The second-order valence-electron chi connectivity index (χ2n) is 3.70. The highest BCUT2D eigenvalue weighted by Crippen LogP contribution is 2.18. The third-order valence-corrected chi connectivity index (χ3v) is 2.03. The van der Waals surface area contributed by atoms with Gasteiger partial charge in [-0.25, -0.2) is 4.79 Å². The van der Waals surface area contributed by atoms with Gasteiger partial charge in [0.05, 0.1) is 6.10 Å². The van der Waals surface area contributed by atoms with Crippen molar-refractivity contribution in [3.8, 4) is 5.75 Å². The van der Waals surface area contributed by atoms with Gasteiger partial charge in [-0.2, -0.15) is 0 Å². The molecule has 1 atom stereocenters. The van der Waals surface area contributed by atoms with E-state index < -0.39 is 6.10 Å². The predicted octanol–water partition coefficient (Wildman–Crippen LogP) is 3.06. The summed E-state index contributed by atoms with van der Waals surface area (Å²) in [6.45, 7) is 5.24. The van der Waals surface area contributed by atoms with Crippen LogP contribution in [0.1, 0.15) is 20.8 Å². The van der Waals surface area contributed by atoms with Crippen molar-refractivity contribution in [1.82, 2.24) is 0 Å². The van der Waals surface area contributed by atoms with E-state index in [0.717, 1.165) is 0 Å². The van der Waals surface area contributed by atoms with Gasteiger partial charge in [0, 0.05) is 5.02 Å². The van der Waals surface area contributed by atoms with Crippen LogP contribution in [0, 0.1) is 0 Å². The Morgan fingerprint density at radius 1 is 1.31 bits per heavy atom. The average molecular weight is 243 g/mol. The molecule has 0 spiro atoms. The Balaban J connectivity index is 2.57. The topological polar surface area (TPSA) is 35.5 Å². The molecule has 0 aliphatic rings. The molecule has 0 aliphatic heterocycles. The zero-order chi connectivity index (χ0) is 12.1. The van der Waals surface area contributed by atoms with Gasteiger partial charge < -0.3 is 9.47 Å². The van der Waals surface area contributed by atoms with Crippen molar-refractivity contribution < 1.29 is 14.3 Å². The first-order chi connectivity index (χ1) is 7.49. The maximum absolute atomic E-state index is 11.5. The van der Waals surface area contributed by atoms with Gasteiger partial charge in [0.25, 0.3) is 0 Å². The van der Waals surface area contributed by atoms with E-state index in [9.17, 15) is 4.79 Å². The van der Waals surface area contributed by atoms with E-state index >= 15 is 0 Å². The van der Waals surface area contributed by atoms with E-state index in [1.807, 2.05) is 0 Å². The van der Waals surface area contributed by atoms with E-state index in [0.29, 0.717) is 10.8 Å². The number of carbonyl (C=O) groups excluding carboxylic acids is 1. The third-order valence-electron chi connectivity index (χ3n) is 1.79. The molecule has 1 rings (SSSR count). The first-order valence-corrected chi connectivity index (χ1v) is 5.49. The lowest BCUT2D eigenvalue weighted by Crippen LogP contribution is -2.28. The van der Waals surface area contributed by atoms with Crippen LogP contribution in [0.15, 0.2) is 24.3 Å². The van der Waals surface area contributed by atoms with Crippen LogP contribution in [0.25, 0.3) is 0 Å². The average Bonchev–Trinajstić information content (AvgIpc) is 2.16. The van der Waals surface area contributed by atoms with Crippen molar-refractivity contribution in [3.05, 3.63) is 29.3 Å². The van der Waals surface area contributed by atoms with Gasteiger partial charge in [0.1, 0.15) is 5.75 Å². The smallest absolute Gasteiger partial charge is 0.347 e. The normalized spacial score (nSPS) is 12.3. The summed E-state index contributed by atoms with van der Waals surface area (Å²) >= 11 is 5.80. The first-order valence-electron chi connectivity index (χ1n) is 5.11. The van der Waals surface area contributed by atoms with E-state index in [1.165, 1.54) is 0 Å². The number of hydrogen-bond acceptors (Lipinski definition) is 3. The number of benzene rings is 1. The van der Waals surface area contributed by atoms with Crippen molar-refractivity contribution in [3.63, 3.8) is 0 Å². The standard InChI is InChI=1S/C12H15ClO3/c1-8(2)15-12(14)9(3)16-11-6-4-5-10(13)7-11/h4-9H,1-3H3. The highest BCUT2D eigenvalue weighted by atomic mass is 35.5. The molecule has 88 valence electrons. The number of carbonyl (C=O) groups is 1. The number of esters is 1. The molecule has 1 aromatic carbocycles. The monoisotopic (exact) mass is 242 g/mol. The molecule has 0 N–H and O–H groups in total. The molecule has 16 heavy (non-hydrogen) atoms. The van der Waals surface area contributed by atoms with Crippen LogP contribution >= 0.6 is 11.6 Å². The Morgan fingerprint density at radius 2 is 2.00 bits per heavy atom. The zero-order valence-corrected chi connectivity index (χ0v) is 10.3. The molecule has 0 aliphatic carbocycles. The maximum Gasteiger partial charge on any atom is 0.347 e. The maximum atomic E-state index is 11.5. The van der Waals surface area contributed by atoms with Crippen molar-refractivity contribution in [1.29, 1.82) is 0 Å². The molecule has 0 radical (unpaired) electrons. The first kappa shape index (κ1) is 12.8. The van der Waals surface area contributed by atoms with Crippen molar-refractivity contribution in [2.75, 3.05) is 0 Å². The van der Waals surface area contributed by atoms with E-state index in [2.05, 4.69) is 0 Å². The number of hydrogen-bond donors (Lipinski definition) is 0. The summed E-state index contributed by atoms with van der Waals surface area (Å²) in [5, 5.41) is 0.571. The minimum Gasteiger partial charge on any atom is -0.479 e. The summed E-state index contributed by atoms with van der Waals surface area (Å²) in [6, 6.07) is 6.90. The quantitative estimate of drug-likeness (QED) is 0.762. The molecule has 0 aromatic heterocycles. The van der Waals surface area contributed by atoms with Crippen molar-refractivity contribution >= 4 is 17.6 Å². The van der Waals surface area contributed by atoms with Gasteiger partial charge in [-0.05, 0) is 39.0 Å². The molecule has 1 aromatic rings. The third kappa shape index (κ3) is 4.11. The van der Waals surface area contributed by atoms with Crippen LogP contribution in [0.4, 0.5) is 0 Å². The lowest BCUT2D eigenvalue weighted by Gasteiger charge is -2.15. The zero-order valence-electron chi connectivity index (χ0n) is 9.57. The lowest BCUT2D eigenvalue weighted by molar-refractivity contribution is -0.154. The largest absolute Gasteiger partial charge is 0.479 e. The van der Waals surface area contributed by atoms with Gasteiger partial charge in [-0.15, -0.1) is 0 Å². The Bertz CT molecular complexity index is 363. The highest BCUT2D eigenvalue weighted by molar-refractivity contribution is 6.30. The molecule has 4 heteroatoms. The summed E-state index contributed by atoms with van der Waals surface area (Å²) in [4.78, 5) is 11.5. The number of rotatable bonds is 4. The van der Waals surface area contributed by atoms with Crippen LogP contribution in [0.5, 0.6) is 5.75 Å². The Hall–Kier alpha value is -1.22. The summed E-state index contributed by atoms with van der Waals surface area (Å²) in [6.07, 6.45) is -0.779. The van der Waals surface area contributed by atoms with Gasteiger partial charge in [0.2, 0.25) is 0 Å². The fraction of sp³-hybridized carbons (Fsp3) is 0.417. The molecule has 1 unspecified atom stereocenters. The Kier molecular flexibility index (Phi) is 4.62. The Labute approximate surface area is 100 Å². The molecule has 0 saturated heterocycles. The van der Waals surface area contributed by atoms with E-state index in [1.54, 1.807) is 45.0 Å². The fourth-order valence-electron chi connectivity index (χ4n) is 1.12. The van der Waals surface area contributed by atoms with Crippen molar-refractivity contribution in [2.24, 2.45) is 0 Å². The predicted molar refractivity (Wildman–Crippen MR) is 62.8 cm³/mol. The highest BCUT2D eigenvalue weighted by Gasteiger charge is 2.17. The fourth-order valence-corrected chi connectivity index (χ4v) is 1.30. The van der Waals surface area contributed by atoms with Crippen LogP contribution in [0.2, 0.25) is 5.02 Å². The molecule has 0 saturated carbocycles. The molecule has 0 amide bonds. The van der Waals surface area contributed by atoms with Crippen LogP contribution in [-0.2, 0) is 9.53 Å². The van der Waals surface area contributed by atoms with E-state index in [4.69, 9.17) is 21.1 Å². The molecular weight excluding hydrogens is 228 g/mol. The summed E-state index contributed by atoms with van der Waals surface area (Å²) in [5.41, 5.74) is 0. The molecular formula is C12H15ClO3. The molecule has 0 fully saturated rings.